The summed E-state index contributed by atoms with van der Waals surface area (Å²) < 4.78 is 24.4. The number of hydrogen-bond donors (Lipinski definition) is 2. The lowest BCUT2D eigenvalue weighted by atomic mass is 9.92. The van der Waals surface area contributed by atoms with Crippen LogP contribution < -0.4 is 10.5 Å². The van der Waals surface area contributed by atoms with E-state index >= 15 is 0 Å². The van der Waals surface area contributed by atoms with Crippen LogP contribution in [-0.4, -0.2) is 19.1 Å². The highest BCUT2D eigenvalue weighted by Gasteiger charge is 2.12. The standard InChI is InChI=1S/C16H13BF2N2O2/c18-9-8-12(10-19)15(22)21-17-16(23)20-14-7-3-5-11-4-1-2-6-13(11)14/h1-10,17H,(H,20,23)(H,21,22)/b9-8-,12-10+. The molecule has 0 radical (unpaired) electrons. The summed E-state index contributed by atoms with van der Waals surface area (Å²) in [6, 6.07) is 13.0. The summed E-state index contributed by atoms with van der Waals surface area (Å²) in [7, 11) is -0.362. The molecule has 0 bridgehead atoms. The summed E-state index contributed by atoms with van der Waals surface area (Å²) in [5.74, 6) is -1.35. The Balaban J connectivity index is 2.01. The Morgan fingerprint density at radius 3 is 2.52 bits per heavy atom. The van der Waals surface area contributed by atoms with Crippen molar-refractivity contribution in [2.45, 2.75) is 0 Å². The molecule has 2 N–H and O–H groups in total. The fraction of sp³-hybridized carbons (Fsp3) is 0. The molecule has 0 aliphatic rings. The number of anilines is 1. The van der Waals surface area contributed by atoms with Crippen LogP contribution in [0.1, 0.15) is 0 Å². The third-order valence-corrected chi connectivity index (χ3v) is 3.10. The van der Waals surface area contributed by atoms with E-state index in [9.17, 15) is 18.4 Å². The maximum absolute atomic E-state index is 12.4. The summed E-state index contributed by atoms with van der Waals surface area (Å²) in [6.07, 6.45) is 0.674. The Labute approximate surface area is 132 Å². The van der Waals surface area contributed by atoms with Gasteiger partial charge in [0.15, 0.2) is 5.81 Å². The highest BCUT2D eigenvalue weighted by Crippen LogP contribution is 2.22. The predicted octanol–water partition coefficient (Wildman–Crippen LogP) is 3.18. The van der Waals surface area contributed by atoms with Crippen LogP contribution in [0.25, 0.3) is 10.8 Å². The van der Waals surface area contributed by atoms with Crippen molar-refractivity contribution in [2.75, 3.05) is 5.32 Å². The Morgan fingerprint density at radius 1 is 1.04 bits per heavy atom. The van der Waals surface area contributed by atoms with Gasteiger partial charge in [-0.3, -0.25) is 9.59 Å². The van der Waals surface area contributed by atoms with E-state index in [2.05, 4.69) is 10.5 Å². The minimum absolute atomic E-state index is 0.0337. The van der Waals surface area contributed by atoms with Crippen LogP contribution in [0.2, 0.25) is 0 Å². The van der Waals surface area contributed by atoms with Crippen molar-refractivity contribution in [3.63, 3.8) is 0 Å². The van der Waals surface area contributed by atoms with E-state index in [0.717, 1.165) is 10.8 Å². The first-order valence-electron chi connectivity index (χ1n) is 6.78. The molecule has 2 amide bonds. The monoisotopic (exact) mass is 314 g/mol. The van der Waals surface area contributed by atoms with Gasteiger partial charge >= 0.3 is 7.41 Å². The number of carbonyl (C=O) groups excluding carboxylic acids is 2. The van der Waals surface area contributed by atoms with Gasteiger partial charge < -0.3 is 10.5 Å². The van der Waals surface area contributed by atoms with E-state index in [-0.39, 0.29) is 20.1 Å². The number of hydrogen-bond acceptors (Lipinski definition) is 2. The van der Waals surface area contributed by atoms with Crippen LogP contribution >= 0.6 is 0 Å². The quantitative estimate of drug-likeness (QED) is 0.506. The second kappa shape index (κ2) is 7.88. The predicted molar refractivity (Wildman–Crippen MR) is 87.7 cm³/mol. The van der Waals surface area contributed by atoms with E-state index in [1.807, 2.05) is 30.3 Å². The van der Waals surface area contributed by atoms with E-state index in [1.54, 1.807) is 12.1 Å². The molecule has 4 nitrogen and oxygen atoms in total. The maximum atomic E-state index is 12.4. The first-order valence-corrected chi connectivity index (χ1v) is 6.78. The number of fused-ring (bicyclic) bond motifs is 1. The molecule has 2 aromatic rings. The summed E-state index contributed by atoms with van der Waals surface area (Å²) in [6.45, 7) is 0. The van der Waals surface area contributed by atoms with Crippen LogP contribution in [0.4, 0.5) is 19.3 Å². The fourth-order valence-corrected chi connectivity index (χ4v) is 2.02. The highest BCUT2D eigenvalue weighted by atomic mass is 19.1. The molecule has 0 fully saturated rings. The fourth-order valence-electron chi connectivity index (χ4n) is 2.02. The average molecular weight is 314 g/mol. The molecule has 0 saturated carbocycles. The topological polar surface area (TPSA) is 58.2 Å². The Kier molecular flexibility index (Phi) is 5.63. The Bertz CT molecular complexity index is 785. The van der Waals surface area contributed by atoms with Gasteiger partial charge in [0.2, 0.25) is 5.91 Å². The number of amides is 2. The largest absolute Gasteiger partial charge is 0.389 e. The lowest BCUT2D eigenvalue weighted by Crippen LogP contribution is -2.36. The number of halogens is 2. The lowest BCUT2D eigenvalue weighted by molar-refractivity contribution is -0.115. The Hall–Kier alpha value is -2.96. The summed E-state index contributed by atoms with van der Waals surface area (Å²) >= 11 is 0. The zero-order valence-corrected chi connectivity index (χ0v) is 12.1. The third kappa shape index (κ3) is 4.26. The van der Waals surface area contributed by atoms with Crippen molar-refractivity contribution < 1.29 is 18.4 Å². The molecule has 0 spiro atoms. The SMILES string of the molecule is O=C(BNC(=O)C(/C=C\F)=C/F)Nc1cccc2ccccc12. The minimum atomic E-state index is -0.880. The molecule has 0 aromatic heterocycles. The number of nitrogens with one attached hydrogen (secondary N) is 2. The lowest BCUT2D eigenvalue weighted by Gasteiger charge is -2.09. The van der Waals surface area contributed by atoms with Gasteiger partial charge in [0.1, 0.15) is 0 Å². The molecule has 0 saturated heterocycles. The zero-order chi connectivity index (χ0) is 16.7. The first kappa shape index (κ1) is 16.4. The van der Waals surface area contributed by atoms with Gasteiger partial charge in [0.05, 0.1) is 18.2 Å². The van der Waals surface area contributed by atoms with Crippen LogP contribution in [-0.2, 0) is 4.79 Å². The molecule has 116 valence electrons. The van der Waals surface area contributed by atoms with E-state index in [4.69, 9.17) is 0 Å². The van der Waals surface area contributed by atoms with E-state index < -0.39 is 17.3 Å². The van der Waals surface area contributed by atoms with Gasteiger partial charge in [0, 0.05) is 11.1 Å². The van der Waals surface area contributed by atoms with E-state index in [1.165, 1.54) is 0 Å². The minimum Gasteiger partial charge on any atom is -0.389 e. The summed E-state index contributed by atoms with van der Waals surface area (Å²) in [4.78, 5) is 23.4. The maximum Gasteiger partial charge on any atom is 0.344 e. The third-order valence-electron chi connectivity index (χ3n) is 3.10. The van der Waals surface area contributed by atoms with Gasteiger partial charge in [0.25, 0.3) is 0 Å². The first-order chi connectivity index (χ1) is 11.2. The van der Waals surface area contributed by atoms with Crippen molar-refractivity contribution in [1.82, 2.24) is 5.23 Å². The summed E-state index contributed by atoms with van der Waals surface area (Å²) in [5, 5.41) is 6.70. The molecule has 0 aliphatic carbocycles. The Morgan fingerprint density at radius 2 is 1.78 bits per heavy atom. The van der Waals surface area contributed by atoms with Crippen LogP contribution in [0.3, 0.4) is 0 Å². The van der Waals surface area contributed by atoms with E-state index in [0.29, 0.717) is 11.8 Å². The van der Waals surface area contributed by atoms with Crippen LogP contribution in [0.5, 0.6) is 0 Å². The second-order valence-corrected chi connectivity index (χ2v) is 4.61. The molecule has 0 atom stereocenters. The van der Waals surface area contributed by atoms with Crippen molar-refractivity contribution >= 4 is 35.6 Å². The van der Waals surface area contributed by atoms with Gasteiger partial charge in [-0.25, -0.2) is 8.78 Å². The average Bonchev–Trinajstić information content (AvgIpc) is 2.58. The van der Waals surface area contributed by atoms with Crippen molar-refractivity contribution in [1.29, 1.82) is 0 Å². The molecular formula is C16H13BF2N2O2. The number of benzene rings is 2. The molecule has 23 heavy (non-hydrogen) atoms. The van der Waals surface area contributed by atoms with Gasteiger partial charge in [-0.2, -0.15) is 0 Å². The molecule has 2 aromatic carbocycles. The molecule has 7 heteroatoms. The normalized spacial score (nSPS) is 11.5. The summed E-state index contributed by atoms with van der Waals surface area (Å²) in [5.41, 5.74) is 0.0951. The van der Waals surface area contributed by atoms with Crippen LogP contribution in [0.15, 0.2) is 66.8 Å². The van der Waals surface area contributed by atoms with Crippen molar-refractivity contribution in [2.24, 2.45) is 0 Å². The van der Waals surface area contributed by atoms with Crippen molar-refractivity contribution in [3.8, 4) is 0 Å². The molecule has 2 rings (SSSR count). The van der Waals surface area contributed by atoms with Gasteiger partial charge in [-0.1, -0.05) is 36.4 Å². The molecule has 0 heterocycles. The van der Waals surface area contributed by atoms with Gasteiger partial charge in [-0.05, 0) is 17.5 Å². The number of carbonyl (C=O) groups is 2. The highest BCUT2D eigenvalue weighted by molar-refractivity contribution is 6.75. The van der Waals surface area contributed by atoms with Crippen LogP contribution in [0, 0.1) is 0 Å². The smallest absolute Gasteiger partial charge is 0.344 e. The van der Waals surface area contributed by atoms with Gasteiger partial charge in [-0.15, -0.1) is 0 Å². The van der Waals surface area contributed by atoms with Crippen molar-refractivity contribution in [3.05, 3.63) is 66.8 Å². The molecule has 0 unspecified atom stereocenters. The zero-order valence-electron chi connectivity index (χ0n) is 12.1. The molecular weight excluding hydrogens is 301 g/mol. The number of rotatable bonds is 5. The molecule has 0 aliphatic heterocycles. The second-order valence-electron chi connectivity index (χ2n) is 4.61.